The first kappa shape index (κ1) is 17.6. The number of methoxy groups -OCH3 is 1. The van der Waals surface area contributed by atoms with Gasteiger partial charge in [-0.05, 0) is 35.4 Å². The average molecular weight is 353 g/mol. The van der Waals surface area contributed by atoms with Crippen molar-refractivity contribution < 1.29 is 18.3 Å². The third kappa shape index (κ3) is 3.88. The number of nitrogens with one attached hydrogen (secondary N) is 1. The monoisotopic (exact) mass is 353 g/mol. The van der Waals surface area contributed by atoms with Crippen LogP contribution in [-0.4, -0.2) is 13.0 Å². The molecular formula is C21H17F2NO2. The van der Waals surface area contributed by atoms with Gasteiger partial charge in [-0.1, -0.05) is 42.5 Å². The minimum absolute atomic E-state index is 0.208. The lowest BCUT2D eigenvalue weighted by molar-refractivity contribution is 0.0939. The Balaban J connectivity index is 1.94. The van der Waals surface area contributed by atoms with Gasteiger partial charge in [0, 0.05) is 6.07 Å². The highest BCUT2D eigenvalue weighted by atomic mass is 19.1. The van der Waals surface area contributed by atoms with E-state index in [4.69, 9.17) is 4.74 Å². The van der Waals surface area contributed by atoms with Crippen molar-refractivity contribution in [2.45, 2.75) is 6.04 Å². The molecule has 1 N–H and O–H groups in total. The Morgan fingerprint density at radius 1 is 0.923 bits per heavy atom. The molecule has 0 saturated heterocycles. The van der Waals surface area contributed by atoms with E-state index in [0.29, 0.717) is 11.8 Å². The Kier molecular flexibility index (Phi) is 5.27. The first-order chi connectivity index (χ1) is 12.6. The van der Waals surface area contributed by atoms with Crippen LogP contribution < -0.4 is 10.1 Å². The summed E-state index contributed by atoms with van der Waals surface area (Å²) in [4.78, 5) is 12.6. The summed E-state index contributed by atoms with van der Waals surface area (Å²) in [7, 11) is 1.57. The van der Waals surface area contributed by atoms with E-state index in [1.165, 1.54) is 0 Å². The minimum Gasteiger partial charge on any atom is -0.497 e. The Morgan fingerprint density at radius 3 is 2.19 bits per heavy atom. The standard InChI is InChI=1S/C21H17F2NO2/c1-26-17-10-7-15(8-11-17)20(14-5-3-2-4-6-14)24-21(25)18-12-9-16(22)13-19(18)23/h2-13,20H,1H3,(H,24,25). The van der Waals surface area contributed by atoms with Gasteiger partial charge in [0.2, 0.25) is 0 Å². The van der Waals surface area contributed by atoms with E-state index in [0.717, 1.165) is 23.3 Å². The van der Waals surface area contributed by atoms with E-state index in [1.807, 2.05) is 42.5 Å². The van der Waals surface area contributed by atoms with Gasteiger partial charge in [-0.15, -0.1) is 0 Å². The molecule has 132 valence electrons. The Bertz CT molecular complexity index is 896. The fourth-order valence-electron chi connectivity index (χ4n) is 2.68. The zero-order chi connectivity index (χ0) is 18.5. The van der Waals surface area contributed by atoms with Crippen LogP contribution in [0.25, 0.3) is 0 Å². The topological polar surface area (TPSA) is 38.3 Å². The molecule has 0 bridgehead atoms. The predicted octanol–water partition coefficient (Wildman–Crippen LogP) is 4.49. The van der Waals surface area contributed by atoms with E-state index >= 15 is 0 Å². The van der Waals surface area contributed by atoms with Crippen molar-refractivity contribution in [1.29, 1.82) is 0 Å². The molecule has 0 saturated carbocycles. The summed E-state index contributed by atoms with van der Waals surface area (Å²) >= 11 is 0. The summed E-state index contributed by atoms with van der Waals surface area (Å²) in [6, 6.07) is 19.0. The average Bonchev–Trinajstić information content (AvgIpc) is 2.67. The van der Waals surface area contributed by atoms with Crippen molar-refractivity contribution in [1.82, 2.24) is 5.32 Å². The van der Waals surface area contributed by atoms with Gasteiger partial charge in [-0.2, -0.15) is 0 Å². The summed E-state index contributed by atoms with van der Waals surface area (Å²) in [5.41, 5.74) is 1.45. The van der Waals surface area contributed by atoms with Gasteiger partial charge in [0.05, 0.1) is 18.7 Å². The quantitative estimate of drug-likeness (QED) is 0.734. The van der Waals surface area contributed by atoms with Gasteiger partial charge >= 0.3 is 0 Å². The smallest absolute Gasteiger partial charge is 0.255 e. The zero-order valence-corrected chi connectivity index (χ0v) is 14.1. The molecule has 26 heavy (non-hydrogen) atoms. The lowest BCUT2D eigenvalue weighted by atomic mass is 9.98. The maximum atomic E-state index is 13.9. The summed E-state index contributed by atoms with van der Waals surface area (Å²) in [5.74, 6) is -1.55. The van der Waals surface area contributed by atoms with Crippen LogP contribution in [0.5, 0.6) is 5.75 Å². The molecule has 3 rings (SSSR count). The fraction of sp³-hybridized carbons (Fsp3) is 0.0952. The van der Waals surface area contributed by atoms with E-state index in [9.17, 15) is 13.6 Å². The second kappa shape index (κ2) is 7.78. The molecule has 0 heterocycles. The van der Waals surface area contributed by atoms with Gasteiger partial charge in [0.1, 0.15) is 17.4 Å². The molecule has 0 fully saturated rings. The summed E-state index contributed by atoms with van der Waals surface area (Å²) in [6.45, 7) is 0. The van der Waals surface area contributed by atoms with Gasteiger partial charge in [-0.3, -0.25) is 4.79 Å². The molecule has 1 unspecified atom stereocenters. The largest absolute Gasteiger partial charge is 0.497 e. The third-order valence-corrected chi connectivity index (χ3v) is 4.03. The highest BCUT2D eigenvalue weighted by Gasteiger charge is 2.20. The molecule has 1 amide bonds. The van der Waals surface area contributed by atoms with Gasteiger partial charge < -0.3 is 10.1 Å². The lowest BCUT2D eigenvalue weighted by Gasteiger charge is -2.20. The predicted molar refractivity (Wildman–Crippen MR) is 95.1 cm³/mol. The van der Waals surface area contributed by atoms with Crippen LogP contribution in [0.4, 0.5) is 8.78 Å². The second-order valence-electron chi connectivity index (χ2n) is 5.71. The number of ether oxygens (including phenoxy) is 1. The molecule has 0 aliphatic heterocycles. The van der Waals surface area contributed by atoms with E-state index in [1.54, 1.807) is 19.2 Å². The summed E-state index contributed by atoms with van der Waals surface area (Å²) in [5, 5.41) is 2.82. The number of carbonyl (C=O) groups excluding carboxylic acids is 1. The molecule has 0 aliphatic rings. The second-order valence-corrected chi connectivity index (χ2v) is 5.71. The van der Waals surface area contributed by atoms with Crippen molar-refractivity contribution in [3.05, 3.63) is 101 Å². The van der Waals surface area contributed by atoms with Crippen LogP contribution in [0.1, 0.15) is 27.5 Å². The van der Waals surface area contributed by atoms with Crippen LogP contribution >= 0.6 is 0 Å². The Morgan fingerprint density at radius 2 is 1.58 bits per heavy atom. The number of amides is 1. The zero-order valence-electron chi connectivity index (χ0n) is 14.1. The normalized spacial score (nSPS) is 11.7. The molecular weight excluding hydrogens is 336 g/mol. The van der Waals surface area contributed by atoms with Crippen LogP contribution in [0.15, 0.2) is 72.8 Å². The maximum Gasteiger partial charge on any atom is 0.255 e. The number of benzene rings is 3. The highest BCUT2D eigenvalue weighted by molar-refractivity contribution is 5.95. The number of carbonyl (C=O) groups is 1. The Labute approximate surface area is 150 Å². The number of rotatable bonds is 5. The van der Waals surface area contributed by atoms with Gasteiger partial charge in [-0.25, -0.2) is 8.78 Å². The van der Waals surface area contributed by atoms with Crippen LogP contribution in [0.2, 0.25) is 0 Å². The SMILES string of the molecule is COc1ccc(C(NC(=O)c2ccc(F)cc2F)c2ccccc2)cc1. The third-order valence-electron chi connectivity index (χ3n) is 4.03. The van der Waals surface area contributed by atoms with E-state index < -0.39 is 23.6 Å². The molecule has 1 atom stereocenters. The van der Waals surface area contributed by atoms with Crippen LogP contribution in [-0.2, 0) is 0 Å². The number of halogens is 2. The van der Waals surface area contributed by atoms with E-state index in [2.05, 4.69) is 5.32 Å². The van der Waals surface area contributed by atoms with Crippen molar-refractivity contribution in [2.24, 2.45) is 0 Å². The van der Waals surface area contributed by atoms with E-state index in [-0.39, 0.29) is 5.56 Å². The molecule has 5 heteroatoms. The first-order valence-corrected chi connectivity index (χ1v) is 8.03. The minimum atomic E-state index is -0.899. The van der Waals surface area contributed by atoms with Crippen LogP contribution in [0, 0.1) is 11.6 Å². The Hall–Kier alpha value is -3.21. The lowest BCUT2D eigenvalue weighted by Crippen LogP contribution is -2.30. The van der Waals surface area contributed by atoms with Crippen molar-refractivity contribution >= 4 is 5.91 Å². The molecule has 3 nitrogen and oxygen atoms in total. The van der Waals surface area contributed by atoms with Gasteiger partial charge in [0.15, 0.2) is 0 Å². The molecule has 3 aromatic rings. The fourth-order valence-corrected chi connectivity index (χ4v) is 2.68. The number of hydrogen-bond donors (Lipinski definition) is 1. The molecule has 0 aromatic heterocycles. The number of hydrogen-bond acceptors (Lipinski definition) is 2. The van der Waals surface area contributed by atoms with Crippen molar-refractivity contribution in [3.63, 3.8) is 0 Å². The summed E-state index contributed by atoms with van der Waals surface area (Å²) in [6.07, 6.45) is 0. The first-order valence-electron chi connectivity index (χ1n) is 8.03. The molecule has 3 aromatic carbocycles. The molecule has 0 aliphatic carbocycles. The van der Waals surface area contributed by atoms with Gasteiger partial charge in [0.25, 0.3) is 5.91 Å². The van der Waals surface area contributed by atoms with Crippen molar-refractivity contribution in [3.8, 4) is 5.75 Å². The van der Waals surface area contributed by atoms with Crippen molar-refractivity contribution in [2.75, 3.05) is 7.11 Å². The highest BCUT2D eigenvalue weighted by Crippen LogP contribution is 2.25. The van der Waals surface area contributed by atoms with Crippen LogP contribution in [0.3, 0.4) is 0 Å². The summed E-state index contributed by atoms with van der Waals surface area (Å²) < 4.78 is 32.2. The molecule has 0 radical (unpaired) electrons. The molecule has 0 spiro atoms. The maximum absolute atomic E-state index is 13.9.